The lowest BCUT2D eigenvalue weighted by atomic mass is 10.1. The fraction of sp³-hybridized carbons (Fsp3) is 0.304. The van der Waals surface area contributed by atoms with E-state index in [0.717, 1.165) is 27.3 Å². The smallest absolute Gasteiger partial charge is 0.325 e. The van der Waals surface area contributed by atoms with E-state index < -0.39 is 18.0 Å². The number of para-hydroxylation sites is 2. The predicted molar refractivity (Wildman–Crippen MR) is 118 cm³/mol. The van der Waals surface area contributed by atoms with Gasteiger partial charge < -0.3 is 20.4 Å². The second kappa shape index (κ2) is 9.51. The highest BCUT2D eigenvalue weighted by Gasteiger charge is 2.38. The molecule has 1 aliphatic heterocycles. The van der Waals surface area contributed by atoms with Crippen molar-refractivity contribution in [2.45, 2.75) is 31.8 Å². The lowest BCUT2D eigenvalue weighted by Crippen LogP contribution is -2.36. The van der Waals surface area contributed by atoms with E-state index in [2.05, 4.69) is 20.6 Å². The van der Waals surface area contributed by atoms with Crippen LogP contribution in [0.15, 0.2) is 48.5 Å². The molecule has 9 heteroatoms. The normalized spacial score (nSPS) is 15.8. The van der Waals surface area contributed by atoms with E-state index in [1.54, 1.807) is 31.4 Å². The van der Waals surface area contributed by atoms with Crippen molar-refractivity contribution in [2.24, 2.45) is 0 Å². The lowest BCUT2D eigenvalue weighted by molar-refractivity contribution is -0.131. The summed E-state index contributed by atoms with van der Waals surface area (Å²) in [5.41, 5.74) is 2.70. The van der Waals surface area contributed by atoms with Gasteiger partial charge >= 0.3 is 6.03 Å². The van der Waals surface area contributed by atoms with Crippen LogP contribution in [0, 0.1) is 0 Å². The van der Waals surface area contributed by atoms with E-state index in [4.69, 9.17) is 4.74 Å². The Labute approximate surface area is 185 Å². The summed E-state index contributed by atoms with van der Waals surface area (Å²) in [7, 11) is 1.57. The van der Waals surface area contributed by atoms with Crippen LogP contribution in [0.5, 0.6) is 5.75 Å². The number of hydrogen-bond donors (Lipinski definition) is 3. The average molecular weight is 435 g/mol. The molecule has 1 saturated heterocycles. The number of rotatable bonds is 9. The topological polar surface area (TPSA) is 116 Å². The van der Waals surface area contributed by atoms with Gasteiger partial charge in [0, 0.05) is 13.0 Å². The number of aryl methyl sites for hydroxylation is 1. The highest BCUT2D eigenvalue weighted by atomic mass is 16.5. The van der Waals surface area contributed by atoms with Crippen LogP contribution in [0.1, 0.15) is 24.2 Å². The molecule has 4 amide bonds. The maximum absolute atomic E-state index is 12.6. The molecule has 0 saturated carbocycles. The molecular weight excluding hydrogens is 410 g/mol. The summed E-state index contributed by atoms with van der Waals surface area (Å²) in [6.45, 7) is 0.602. The molecule has 0 unspecified atom stereocenters. The molecule has 2 heterocycles. The molecule has 1 fully saturated rings. The monoisotopic (exact) mass is 435 g/mol. The third kappa shape index (κ3) is 4.88. The maximum atomic E-state index is 12.6. The van der Waals surface area contributed by atoms with Gasteiger partial charge in [-0.05, 0) is 36.2 Å². The van der Waals surface area contributed by atoms with Gasteiger partial charge in [0.05, 0.1) is 31.1 Å². The predicted octanol–water partition coefficient (Wildman–Crippen LogP) is 2.13. The zero-order chi connectivity index (χ0) is 22.5. The van der Waals surface area contributed by atoms with E-state index in [9.17, 15) is 14.4 Å². The Kier molecular flexibility index (Phi) is 6.34. The summed E-state index contributed by atoms with van der Waals surface area (Å²) < 4.78 is 5.11. The summed E-state index contributed by atoms with van der Waals surface area (Å²) in [5, 5.41) is 5.41. The van der Waals surface area contributed by atoms with Crippen LogP contribution >= 0.6 is 0 Å². The van der Waals surface area contributed by atoms with E-state index in [1.807, 2.05) is 24.3 Å². The largest absolute Gasteiger partial charge is 0.497 e. The van der Waals surface area contributed by atoms with E-state index in [1.165, 1.54) is 0 Å². The molecule has 2 aromatic carbocycles. The SMILES string of the molecule is COc1ccc(CN2C(=O)N[C@H](CC(=O)NCCCc3nc4ccccc4[nH]3)C2=O)cc1. The number of nitrogens with zero attached hydrogens (tertiary/aromatic N) is 2. The number of urea groups is 1. The summed E-state index contributed by atoms with van der Waals surface area (Å²) in [6.07, 6.45) is 1.32. The number of amides is 4. The number of imide groups is 1. The zero-order valence-electron chi connectivity index (χ0n) is 17.8. The summed E-state index contributed by atoms with van der Waals surface area (Å²) >= 11 is 0. The molecule has 166 valence electrons. The van der Waals surface area contributed by atoms with Crippen molar-refractivity contribution in [3.8, 4) is 5.75 Å². The van der Waals surface area contributed by atoms with Crippen LogP contribution in [0.4, 0.5) is 4.79 Å². The van der Waals surface area contributed by atoms with E-state index >= 15 is 0 Å². The van der Waals surface area contributed by atoms with Gasteiger partial charge in [0.1, 0.15) is 17.6 Å². The minimum atomic E-state index is -0.851. The Morgan fingerprint density at radius 3 is 2.69 bits per heavy atom. The number of imidazole rings is 1. The third-order valence-corrected chi connectivity index (χ3v) is 5.35. The Bertz CT molecular complexity index is 1090. The van der Waals surface area contributed by atoms with Gasteiger partial charge in [-0.25, -0.2) is 9.78 Å². The Balaban J connectivity index is 1.22. The second-order valence-corrected chi connectivity index (χ2v) is 7.63. The standard InChI is InChI=1S/C23H25N5O4/c1-32-16-10-8-15(9-11-16)14-28-22(30)19(27-23(28)31)13-21(29)24-12-4-7-20-25-17-5-2-3-6-18(17)26-20/h2-3,5-6,8-11,19H,4,7,12-14H2,1H3,(H,24,29)(H,25,26)(H,27,31)/t19-/m1/s1. The first-order valence-corrected chi connectivity index (χ1v) is 10.5. The van der Waals surface area contributed by atoms with Crippen molar-refractivity contribution in [2.75, 3.05) is 13.7 Å². The molecule has 1 atom stereocenters. The van der Waals surface area contributed by atoms with Crippen LogP contribution in [0.3, 0.4) is 0 Å². The van der Waals surface area contributed by atoms with Crippen LogP contribution in [-0.2, 0) is 22.6 Å². The fourth-order valence-electron chi connectivity index (χ4n) is 3.64. The summed E-state index contributed by atoms with van der Waals surface area (Å²) in [6, 6.07) is 13.6. The van der Waals surface area contributed by atoms with E-state index in [-0.39, 0.29) is 18.9 Å². The number of hydrogen-bond acceptors (Lipinski definition) is 5. The maximum Gasteiger partial charge on any atom is 0.325 e. The number of benzene rings is 2. The second-order valence-electron chi connectivity index (χ2n) is 7.63. The van der Waals surface area contributed by atoms with Gasteiger partial charge in [0.15, 0.2) is 0 Å². The summed E-state index contributed by atoms with van der Waals surface area (Å²) in [5.74, 6) is 0.886. The molecule has 3 N–H and O–H groups in total. The quantitative estimate of drug-likeness (QED) is 0.352. The van der Waals surface area contributed by atoms with Crippen molar-refractivity contribution in [3.63, 3.8) is 0 Å². The number of carbonyl (C=O) groups excluding carboxylic acids is 3. The van der Waals surface area contributed by atoms with Crippen LogP contribution < -0.4 is 15.4 Å². The molecule has 1 aromatic heterocycles. The zero-order valence-corrected chi connectivity index (χ0v) is 17.8. The number of aromatic nitrogens is 2. The van der Waals surface area contributed by atoms with Crippen molar-refractivity contribution in [1.29, 1.82) is 0 Å². The molecule has 0 aliphatic carbocycles. The van der Waals surface area contributed by atoms with E-state index in [0.29, 0.717) is 25.1 Å². The molecule has 4 rings (SSSR count). The molecule has 0 radical (unpaired) electrons. The van der Waals surface area contributed by atoms with Gasteiger partial charge in [-0.2, -0.15) is 0 Å². The third-order valence-electron chi connectivity index (χ3n) is 5.35. The average Bonchev–Trinajstić information content (AvgIpc) is 3.33. The number of fused-ring (bicyclic) bond motifs is 1. The number of carbonyl (C=O) groups is 3. The van der Waals surface area contributed by atoms with Crippen molar-refractivity contribution in [3.05, 3.63) is 59.9 Å². The number of H-pyrrole nitrogens is 1. The minimum absolute atomic E-state index is 0.0890. The number of aromatic amines is 1. The first kappa shape index (κ1) is 21.4. The van der Waals surface area contributed by atoms with Gasteiger partial charge in [0.25, 0.3) is 5.91 Å². The van der Waals surface area contributed by atoms with Crippen LogP contribution in [0.2, 0.25) is 0 Å². The molecule has 32 heavy (non-hydrogen) atoms. The summed E-state index contributed by atoms with van der Waals surface area (Å²) in [4.78, 5) is 46.0. The number of nitrogens with one attached hydrogen (secondary N) is 3. The van der Waals surface area contributed by atoms with Gasteiger partial charge in [-0.3, -0.25) is 14.5 Å². The van der Waals surface area contributed by atoms with Gasteiger partial charge in [-0.15, -0.1) is 0 Å². The Morgan fingerprint density at radius 2 is 1.94 bits per heavy atom. The molecule has 0 spiro atoms. The van der Waals surface area contributed by atoms with Crippen molar-refractivity contribution >= 4 is 28.9 Å². The molecular formula is C23H25N5O4. The number of ether oxygens (including phenoxy) is 1. The Hall–Kier alpha value is -3.88. The molecule has 3 aromatic rings. The molecule has 9 nitrogen and oxygen atoms in total. The molecule has 1 aliphatic rings. The highest BCUT2D eigenvalue weighted by molar-refractivity contribution is 6.05. The van der Waals surface area contributed by atoms with Crippen molar-refractivity contribution in [1.82, 2.24) is 25.5 Å². The number of methoxy groups -OCH3 is 1. The first-order chi connectivity index (χ1) is 15.5. The highest BCUT2D eigenvalue weighted by Crippen LogP contribution is 2.17. The van der Waals surface area contributed by atoms with Gasteiger partial charge in [0.2, 0.25) is 5.91 Å². The first-order valence-electron chi connectivity index (χ1n) is 10.5. The fourth-order valence-corrected chi connectivity index (χ4v) is 3.64. The van der Waals surface area contributed by atoms with Crippen molar-refractivity contribution < 1.29 is 19.1 Å². The van der Waals surface area contributed by atoms with Crippen LogP contribution in [-0.4, -0.2) is 52.4 Å². The Morgan fingerprint density at radius 1 is 1.16 bits per heavy atom. The lowest BCUT2D eigenvalue weighted by Gasteiger charge is -2.13. The minimum Gasteiger partial charge on any atom is -0.497 e. The van der Waals surface area contributed by atoms with Gasteiger partial charge in [-0.1, -0.05) is 24.3 Å². The molecule has 0 bridgehead atoms. The van der Waals surface area contributed by atoms with Crippen LogP contribution in [0.25, 0.3) is 11.0 Å².